The standard InChI is InChI=1S/C26H24Cl2N4O2/c1-5-16(2)32-10-8-18(9-11-32)34-25-13-19-22(14-24(25)33-4)30-15-23(29-3)26(19)31-17-6-7-20(27)21(28)12-17/h5-7,12-15,18H,1-2,8-11H2,4H3,(H,30,31). The molecule has 1 aliphatic heterocycles. The van der Waals surface area contributed by atoms with E-state index in [0.29, 0.717) is 44.1 Å². The van der Waals surface area contributed by atoms with E-state index in [0.717, 1.165) is 37.0 Å². The lowest BCUT2D eigenvalue weighted by Gasteiger charge is -2.34. The first-order valence-electron chi connectivity index (χ1n) is 10.8. The number of anilines is 2. The fraction of sp³-hybridized carbons (Fsp3) is 0.231. The van der Waals surface area contributed by atoms with Crippen LogP contribution >= 0.6 is 23.2 Å². The van der Waals surface area contributed by atoms with E-state index in [1.54, 1.807) is 31.4 Å². The summed E-state index contributed by atoms with van der Waals surface area (Å²) in [4.78, 5) is 10.3. The summed E-state index contributed by atoms with van der Waals surface area (Å²) in [7, 11) is 1.60. The molecule has 1 N–H and O–H groups in total. The van der Waals surface area contributed by atoms with Gasteiger partial charge < -0.3 is 19.7 Å². The normalized spacial score (nSPS) is 13.9. The number of nitrogens with zero attached hydrogens (tertiary/aromatic N) is 3. The van der Waals surface area contributed by atoms with E-state index in [2.05, 4.69) is 33.2 Å². The van der Waals surface area contributed by atoms with Crippen molar-refractivity contribution >= 4 is 51.2 Å². The molecule has 0 radical (unpaired) electrons. The van der Waals surface area contributed by atoms with Crippen LogP contribution in [0.4, 0.5) is 17.1 Å². The number of hydrogen-bond acceptors (Lipinski definition) is 5. The van der Waals surface area contributed by atoms with Gasteiger partial charge in [-0.1, -0.05) is 36.4 Å². The van der Waals surface area contributed by atoms with Crippen LogP contribution < -0.4 is 14.8 Å². The van der Waals surface area contributed by atoms with Crippen LogP contribution in [0, 0.1) is 6.57 Å². The number of nitrogens with one attached hydrogen (secondary N) is 1. The molecule has 6 nitrogen and oxygen atoms in total. The van der Waals surface area contributed by atoms with Gasteiger partial charge in [0.05, 0.1) is 34.9 Å². The van der Waals surface area contributed by atoms with Gasteiger partial charge in [0, 0.05) is 55.0 Å². The van der Waals surface area contributed by atoms with E-state index in [-0.39, 0.29) is 6.10 Å². The van der Waals surface area contributed by atoms with Crippen molar-refractivity contribution in [3.05, 3.63) is 82.9 Å². The summed E-state index contributed by atoms with van der Waals surface area (Å²) in [6, 6.07) is 8.94. The fourth-order valence-corrected chi connectivity index (χ4v) is 4.24. The first-order valence-corrected chi connectivity index (χ1v) is 11.5. The van der Waals surface area contributed by atoms with Crippen LogP contribution in [-0.2, 0) is 0 Å². The number of methoxy groups -OCH3 is 1. The number of hydrogen-bond donors (Lipinski definition) is 1. The van der Waals surface area contributed by atoms with Crippen LogP contribution in [0.3, 0.4) is 0 Å². The van der Waals surface area contributed by atoms with Crippen LogP contribution in [0.15, 0.2) is 61.5 Å². The number of allylic oxidation sites excluding steroid dienone is 1. The number of likely N-dealkylation sites (tertiary alicyclic amines) is 1. The van der Waals surface area contributed by atoms with Gasteiger partial charge in [0.1, 0.15) is 6.10 Å². The lowest BCUT2D eigenvalue weighted by molar-refractivity contribution is 0.116. The zero-order chi connectivity index (χ0) is 24.2. The van der Waals surface area contributed by atoms with Gasteiger partial charge >= 0.3 is 0 Å². The predicted molar refractivity (Wildman–Crippen MR) is 139 cm³/mol. The average Bonchev–Trinajstić information content (AvgIpc) is 2.86. The molecule has 0 spiro atoms. The largest absolute Gasteiger partial charge is 0.493 e. The molecule has 34 heavy (non-hydrogen) atoms. The number of piperidine rings is 1. The molecule has 8 heteroatoms. The Balaban J connectivity index is 1.68. The molecular weight excluding hydrogens is 471 g/mol. The topological polar surface area (TPSA) is 51.0 Å². The number of fused-ring (bicyclic) bond motifs is 1. The maximum atomic E-state index is 7.63. The zero-order valence-corrected chi connectivity index (χ0v) is 20.3. The van der Waals surface area contributed by atoms with Gasteiger partial charge in [-0.3, -0.25) is 4.98 Å². The van der Waals surface area contributed by atoms with Gasteiger partial charge in [-0.15, -0.1) is 0 Å². The maximum absolute atomic E-state index is 7.63. The second-order valence-corrected chi connectivity index (χ2v) is 8.72. The molecule has 0 aliphatic carbocycles. The van der Waals surface area contributed by atoms with Crippen LogP contribution in [0.1, 0.15) is 12.8 Å². The second kappa shape index (κ2) is 10.3. The van der Waals surface area contributed by atoms with E-state index in [4.69, 9.17) is 39.2 Å². The van der Waals surface area contributed by atoms with Gasteiger partial charge in [-0.2, -0.15) is 0 Å². The minimum atomic E-state index is 0.0312. The molecular formula is C26H24Cl2N4O2. The predicted octanol–water partition coefficient (Wildman–Crippen LogP) is 7.39. The molecule has 4 rings (SSSR count). The minimum absolute atomic E-state index is 0.0312. The Morgan fingerprint density at radius 3 is 2.62 bits per heavy atom. The van der Waals surface area contributed by atoms with Crippen molar-refractivity contribution in [1.29, 1.82) is 0 Å². The first-order chi connectivity index (χ1) is 16.4. The van der Waals surface area contributed by atoms with Crippen molar-refractivity contribution in [2.24, 2.45) is 0 Å². The van der Waals surface area contributed by atoms with E-state index in [1.165, 1.54) is 6.20 Å². The van der Waals surface area contributed by atoms with Crippen LogP contribution in [0.25, 0.3) is 15.7 Å². The first kappa shape index (κ1) is 23.7. The van der Waals surface area contributed by atoms with E-state index >= 15 is 0 Å². The average molecular weight is 495 g/mol. The van der Waals surface area contributed by atoms with E-state index in [9.17, 15) is 0 Å². The maximum Gasteiger partial charge on any atom is 0.228 e. The Morgan fingerprint density at radius 2 is 1.97 bits per heavy atom. The minimum Gasteiger partial charge on any atom is -0.493 e. The van der Waals surface area contributed by atoms with Crippen LogP contribution in [0.2, 0.25) is 10.0 Å². The Morgan fingerprint density at radius 1 is 1.21 bits per heavy atom. The summed E-state index contributed by atoms with van der Waals surface area (Å²) in [5, 5.41) is 4.93. The molecule has 174 valence electrons. The molecule has 1 fully saturated rings. The highest BCUT2D eigenvalue weighted by Gasteiger charge is 2.23. The number of rotatable bonds is 7. The number of halogens is 2. The highest BCUT2D eigenvalue weighted by atomic mass is 35.5. The molecule has 0 saturated carbocycles. The number of pyridine rings is 1. The Bertz CT molecular complexity index is 1290. The molecule has 3 aromatic rings. The van der Waals surface area contributed by atoms with Crippen molar-refractivity contribution in [2.45, 2.75) is 18.9 Å². The van der Waals surface area contributed by atoms with Crippen LogP contribution in [0.5, 0.6) is 11.5 Å². The highest BCUT2D eigenvalue weighted by Crippen LogP contribution is 2.41. The third-order valence-electron chi connectivity index (χ3n) is 5.82. The smallest absolute Gasteiger partial charge is 0.228 e. The number of aromatic nitrogens is 1. The molecule has 0 amide bonds. The van der Waals surface area contributed by atoms with Crippen molar-refractivity contribution in [2.75, 3.05) is 25.5 Å². The van der Waals surface area contributed by atoms with Crippen molar-refractivity contribution in [1.82, 2.24) is 9.88 Å². The summed E-state index contributed by atoms with van der Waals surface area (Å²) in [6.45, 7) is 17.2. The monoisotopic (exact) mass is 494 g/mol. The van der Waals surface area contributed by atoms with Gasteiger partial charge in [-0.25, -0.2) is 4.85 Å². The third-order valence-corrected chi connectivity index (χ3v) is 6.56. The molecule has 0 unspecified atom stereocenters. The Hall–Kier alpha value is -3.40. The lowest BCUT2D eigenvalue weighted by Crippen LogP contribution is -2.37. The second-order valence-electron chi connectivity index (χ2n) is 7.90. The van der Waals surface area contributed by atoms with Crippen molar-refractivity contribution in [3.8, 4) is 11.5 Å². The van der Waals surface area contributed by atoms with Gasteiger partial charge in [0.15, 0.2) is 11.5 Å². The molecule has 2 heterocycles. The molecule has 1 saturated heterocycles. The van der Waals surface area contributed by atoms with Crippen LogP contribution in [-0.4, -0.2) is 36.2 Å². The summed E-state index contributed by atoms with van der Waals surface area (Å²) in [6.07, 6.45) is 5.05. The summed E-state index contributed by atoms with van der Waals surface area (Å²) in [5.41, 5.74) is 3.31. The van der Waals surface area contributed by atoms with E-state index < -0.39 is 0 Å². The number of ether oxygens (including phenoxy) is 2. The molecule has 0 atom stereocenters. The summed E-state index contributed by atoms with van der Waals surface area (Å²) in [5.74, 6) is 1.20. The molecule has 0 bridgehead atoms. The van der Waals surface area contributed by atoms with Gasteiger partial charge in [0.25, 0.3) is 0 Å². The summed E-state index contributed by atoms with van der Waals surface area (Å²) < 4.78 is 12.0. The third kappa shape index (κ3) is 4.91. The zero-order valence-electron chi connectivity index (χ0n) is 18.8. The lowest BCUT2D eigenvalue weighted by atomic mass is 10.1. The van der Waals surface area contributed by atoms with Gasteiger partial charge in [-0.05, 0) is 30.3 Å². The molecule has 1 aliphatic rings. The number of benzene rings is 2. The van der Waals surface area contributed by atoms with E-state index in [1.807, 2.05) is 12.1 Å². The Labute approximate surface area is 209 Å². The SMILES string of the molecule is [C-]#[N+]c1cnc2cc(OC)c(OC3CCN(C(=C)C=C)CC3)cc2c1Nc1ccc(Cl)c(Cl)c1. The fourth-order valence-electron chi connectivity index (χ4n) is 3.94. The Kier molecular flexibility index (Phi) is 7.16. The van der Waals surface area contributed by atoms with Gasteiger partial charge in [0.2, 0.25) is 5.69 Å². The summed E-state index contributed by atoms with van der Waals surface area (Å²) >= 11 is 12.2. The van der Waals surface area contributed by atoms with Crippen molar-refractivity contribution in [3.63, 3.8) is 0 Å². The highest BCUT2D eigenvalue weighted by molar-refractivity contribution is 6.42. The molecule has 2 aromatic carbocycles. The quantitative estimate of drug-likeness (QED) is 0.274. The van der Waals surface area contributed by atoms with Crippen molar-refractivity contribution < 1.29 is 9.47 Å². The molecule has 1 aromatic heterocycles.